The van der Waals surface area contributed by atoms with Gasteiger partial charge in [-0.25, -0.2) is 13.5 Å². The molecule has 42 heavy (non-hydrogen) atoms. The third kappa shape index (κ3) is 9.62. The fraction of sp³-hybridized carbons (Fsp3) is 0.500. The van der Waals surface area contributed by atoms with Crippen LogP contribution >= 0.6 is 0 Å². The molecule has 3 atom stereocenters. The van der Waals surface area contributed by atoms with Crippen molar-refractivity contribution in [2.45, 2.75) is 62.7 Å². The van der Waals surface area contributed by atoms with E-state index in [-0.39, 0.29) is 30.5 Å². The Kier molecular flexibility index (Phi) is 12.0. The zero-order valence-corrected chi connectivity index (χ0v) is 23.4. The summed E-state index contributed by atoms with van der Waals surface area (Å²) in [7, 11) is -4.00. The zero-order valence-electron chi connectivity index (χ0n) is 22.6. The highest BCUT2D eigenvalue weighted by Crippen LogP contribution is 2.20. The number of nitrogens with zero attached hydrogens (tertiary/aromatic N) is 6. The minimum absolute atomic E-state index is 0.000406. The Morgan fingerprint density at radius 3 is 2.19 bits per heavy atom. The van der Waals surface area contributed by atoms with Gasteiger partial charge in [0.05, 0.1) is 11.5 Å². The fourth-order valence-corrected chi connectivity index (χ4v) is 4.77. The molecule has 16 nitrogen and oxygen atoms in total. The van der Waals surface area contributed by atoms with E-state index >= 15 is 0 Å². The van der Waals surface area contributed by atoms with Crippen LogP contribution in [0.5, 0.6) is 0 Å². The highest BCUT2D eigenvalue weighted by Gasteiger charge is 2.27. The number of alkyl halides is 1. The van der Waals surface area contributed by atoms with Gasteiger partial charge in [-0.1, -0.05) is 27.7 Å². The number of hydrogen-bond donors (Lipinski definition) is 1. The number of aryl methyl sites for hydroxylation is 1. The third-order valence-corrected chi connectivity index (χ3v) is 7.20. The summed E-state index contributed by atoms with van der Waals surface area (Å²) in [5.41, 5.74) is 0.923. The van der Waals surface area contributed by atoms with Gasteiger partial charge in [-0.3, -0.25) is 4.18 Å². The van der Waals surface area contributed by atoms with Gasteiger partial charge >= 0.3 is 11.9 Å². The van der Waals surface area contributed by atoms with Crippen molar-refractivity contribution in [1.29, 1.82) is 0 Å². The monoisotopic (exact) mass is 613 g/mol. The predicted molar refractivity (Wildman–Crippen MR) is 143 cm³/mol. The average molecular weight is 614 g/mol. The van der Waals surface area contributed by atoms with Crippen LogP contribution in [0, 0.1) is 27.2 Å². The highest BCUT2D eigenvalue weighted by molar-refractivity contribution is 7.86. The molecule has 230 valence electrons. The smallest absolute Gasteiger partial charge is 0.390 e. The summed E-state index contributed by atoms with van der Waals surface area (Å²) in [6, 6.07) is 6.28. The molecular weight excluding hydrogens is 582 g/mol. The van der Waals surface area contributed by atoms with Crippen LogP contribution in [0.2, 0.25) is 0 Å². The maximum absolute atomic E-state index is 12.5. The quantitative estimate of drug-likeness (QED) is 0.168. The van der Waals surface area contributed by atoms with Gasteiger partial charge in [-0.05, 0) is 48.2 Å². The molecule has 1 aromatic carbocycles. The first-order valence-corrected chi connectivity index (χ1v) is 14.2. The van der Waals surface area contributed by atoms with Crippen molar-refractivity contribution < 1.29 is 41.4 Å². The van der Waals surface area contributed by atoms with E-state index in [1.54, 1.807) is 12.1 Å². The number of rotatable bonds is 13. The number of aliphatic hydroxyl groups excluding tert-OH is 1. The van der Waals surface area contributed by atoms with E-state index in [1.807, 2.05) is 6.92 Å². The largest absolute Gasteiger partial charge is 0.434 e. The molecule has 0 bridgehead atoms. The maximum atomic E-state index is 12.5. The van der Waals surface area contributed by atoms with Crippen LogP contribution < -0.4 is 0 Å². The third-order valence-electron chi connectivity index (χ3n) is 5.90. The molecule has 0 amide bonds. The average Bonchev–Trinajstić information content (AvgIpc) is 3.63. The Morgan fingerprint density at radius 2 is 1.67 bits per heavy atom. The van der Waals surface area contributed by atoms with Crippen LogP contribution in [0.15, 0.2) is 53.9 Å². The van der Waals surface area contributed by atoms with Gasteiger partial charge in [-0.2, -0.15) is 8.42 Å². The summed E-state index contributed by atoms with van der Waals surface area (Å²) in [5.74, 6) is -0.753. The van der Waals surface area contributed by atoms with Crippen LogP contribution in [-0.4, -0.2) is 80.9 Å². The van der Waals surface area contributed by atoms with E-state index in [0.717, 1.165) is 23.0 Å². The number of benzene rings is 1. The number of nitro groups is 2. The zero-order chi connectivity index (χ0) is 30.7. The topological polar surface area (TPSA) is 204 Å². The molecule has 2 aromatic heterocycles. The van der Waals surface area contributed by atoms with Crippen molar-refractivity contribution in [3.05, 3.63) is 74.8 Å². The van der Waals surface area contributed by atoms with Gasteiger partial charge in [0.2, 0.25) is 0 Å². The second kappa shape index (κ2) is 15.4. The molecule has 1 aliphatic rings. The molecule has 0 saturated carbocycles. The van der Waals surface area contributed by atoms with Gasteiger partial charge < -0.3 is 34.8 Å². The molecule has 3 heterocycles. The Hall–Kier alpha value is -3.84. The molecule has 1 fully saturated rings. The standard InChI is InChI=1S/C18H23N3O7S.C6H8FN3O3/c1-14-5-7-16(8-6-14)29(24,25)27-13-15(28-17-4-2-3-11-26-17)12-20-10-9-19-18(20)21(22)23;7-3-5(11)4-9-2-1-8-6(9)10(12)13/h5-10,15,17H,2-4,11-13H2,1H3;1-2,5,11H,3-4H2/i;7-1. The lowest BCUT2D eigenvalue weighted by atomic mass is 10.2. The van der Waals surface area contributed by atoms with Crippen molar-refractivity contribution in [2.75, 3.05) is 19.9 Å². The molecular formula is C24H31FN6O10S. The van der Waals surface area contributed by atoms with Crippen LogP contribution in [0.3, 0.4) is 0 Å². The van der Waals surface area contributed by atoms with Crippen molar-refractivity contribution in [3.8, 4) is 0 Å². The summed E-state index contributed by atoms with van der Waals surface area (Å²) in [6.07, 6.45) is 5.26. The number of ether oxygens (including phenoxy) is 2. The first-order valence-electron chi connectivity index (χ1n) is 12.8. The van der Waals surface area contributed by atoms with E-state index < -0.39 is 51.1 Å². The fourth-order valence-electron chi connectivity index (χ4n) is 3.83. The molecule has 1 saturated heterocycles. The van der Waals surface area contributed by atoms with Gasteiger partial charge in [0.1, 0.15) is 56.8 Å². The first kappa shape index (κ1) is 32.7. The molecule has 0 spiro atoms. The molecule has 18 heteroatoms. The number of aliphatic hydroxyl groups is 1. The summed E-state index contributed by atoms with van der Waals surface area (Å²) in [4.78, 5) is 27.3. The van der Waals surface area contributed by atoms with Gasteiger partial charge in [-0.15, -0.1) is 0 Å². The first-order chi connectivity index (χ1) is 20.0. The van der Waals surface area contributed by atoms with Crippen molar-refractivity contribution in [2.24, 2.45) is 0 Å². The van der Waals surface area contributed by atoms with E-state index in [9.17, 15) is 33.0 Å². The van der Waals surface area contributed by atoms with Crippen molar-refractivity contribution in [3.63, 3.8) is 0 Å². The molecule has 1 N–H and O–H groups in total. The second-order valence-corrected chi connectivity index (χ2v) is 10.8. The Bertz CT molecular complexity index is 1410. The number of imidazole rings is 2. The summed E-state index contributed by atoms with van der Waals surface area (Å²) in [5, 5.41) is 30.3. The van der Waals surface area contributed by atoms with Crippen LogP contribution in [-0.2, 0) is 36.9 Å². The number of hydrogen-bond acceptors (Lipinski definition) is 12. The molecule has 3 unspecified atom stereocenters. The van der Waals surface area contributed by atoms with Crippen LogP contribution in [0.4, 0.5) is 16.3 Å². The maximum Gasteiger partial charge on any atom is 0.434 e. The predicted octanol–water partition coefficient (Wildman–Crippen LogP) is 2.54. The van der Waals surface area contributed by atoms with E-state index in [1.165, 1.54) is 41.5 Å². The van der Waals surface area contributed by atoms with E-state index in [0.29, 0.717) is 13.0 Å². The second-order valence-electron chi connectivity index (χ2n) is 9.19. The summed E-state index contributed by atoms with van der Waals surface area (Å²) in [6.45, 7) is 0.988. The molecule has 4 rings (SSSR count). The van der Waals surface area contributed by atoms with Crippen molar-refractivity contribution in [1.82, 2.24) is 19.1 Å². The Balaban J connectivity index is 0.000000312. The number of aromatic nitrogens is 4. The van der Waals surface area contributed by atoms with Gasteiger partial charge in [0, 0.05) is 6.61 Å². The van der Waals surface area contributed by atoms with Crippen LogP contribution in [0.25, 0.3) is 0 Å². The SMILES string of the molecule is Cc1ccc(S(=O)(=O)OCC(Cn2ccnc2[N+](=O)[O-])OC2CCCCO2)cc1.O=[N+]([O-])c1nccn1CC(O)C[18F]. The lowest BCUT2D eigenvalue weighted by molar-refractivity contribution is -0.397. The van der Waals surface area contributed by atoms with E-state index in [2.05, 4.69) is 9.97 Å². The summed E-state index contributed by atoms with van der Waals surface area (Å²) < 4.78 is 55.8. The minimum atomic E-state index is -4.00. The van der Waals surface area contributed by atoms with Gasteiger partial charge in [0.15, 0.2) is 6.29 Å². The minimum Gasteiger partial charge on any atom is -0.390 e. The lowest BCUT2D eigenvalue weighted by Crippen LogP contribution is -2.34. The Morgan fingerprint density at radius 1 is 1.07 bits per heavy atom. The lowest BCUT2D eigenvalue weighted by Gasteiger charge is -2.27. The highest BCUT2D eigenvalue weighted by atomic mass is 32.2. The molecule has 0 radical (unpaired) electrons. The van der Waals surface area contributed by atoms with E-state index in [4.69, 9.17) is 18.8 Å². The molecule has 3 aromatic rings. The van der Waals surface area contributed by atoms with Gasteiger partial charge in [0.25, 0.3) is 10.1 Å². The molecule has 0 aliphatic carbocycles. The number of halogens is 1. The normalized spacial score (nSPS) is 16.7. The Labute approximate surface area is 240 Å². The molecule has 1 aliphatic heterocycles. The van der Waals surface area contributed by atoms with Crippen LogP contribution in [0.1, 0.15) is 24.8 Å². The summed E-state index contributed by atoms with van der Waals surface area (Å²) >= 11 is 0. The van der Waals surface area contributed by atoms with Crippen molar-refractivity contribution >= 4 is 22.0 Å².